The highest BCUT2D eigenvalue weighted by atomic mass is 16.5. The van der Waals surface area contributed by atoms with E-state index in [0.717, 1.165) is 18.0 Å². The maximum Gasteiger partial charge on any atom is 0.362 e. The van der Waals surface area contributed by atoms with Crippen LogP contribution in [0.4, 0.5) is 0 Å². The predicted molar refractivity (Wildman–Crippen MR) is 107 cm³/mol. The number of rotatable bonds is 8. The summed E-state index contributed by atoms with van der Waals surface area (Å²) >= 11 is 0. The zero-order chi connectivity index (χ0) is 19.7. The Morgan fingerprint density at radius 2 is 1.89 bits per heavy atom. The Kier molecular flexibility index (Phi) is 5.69. The van der Waals surface area contributed by atoms with Crippen molar-refractivity contribution >= 4 is 5.97 Å². The van der Waals surface area contributed by atoms with E-state index in [1.807, 2.05) is 30.3 Å². The van der Waals surface area contributed by atoms with Crippen molar-refractivity contribution in [1.29, 1.82) is 0 Å². The van der Waals surface area contributed by atoms with E-state index in [4.69, 9.17) is 9.47 Å². The number of esters is 1. The van der Waals surface area contributed by atoms with Crippen LogP contribution in [0.1, 0.15) is 45.6 Å². The highest BCUT2D eigenvalue weighted by molar-refractivity contribution is 5.70. The van der Waals surface area contributed by atoms with Gasteiger partial charge in [-0.25, -0.2) is 4.79 Å². The van der Waals surface area contributed by atoms with Gasteiger partial charge in [-0.1, -0.05) is 51.1 Å². The third-order valence-corrected chi connectivity index (χ3v) is 7.53. The molecule has 2 saturated carbocycles. The lowest BCUT2D eigenvalue weighted by atomic mass is 9.70. The van der Waals surface area contributed by atoms with Crippen LogP contribution in [0.25, 0.3) is 0 Å². The second kappa shape index (κ2) is 7.56. The van der Waals surface area contributed by atoms with Crippen molar-refractivity contribution in [3.05, 3.63) is 35.9 Å². The van der Waals surface area contributed by atoms with Gasteiger partial charge in [0, 0.05) is 0 Å². The van der Waals surface area contributed by atoms with Crippen LogP contribution in [-0.2, 0) is 20.9 Å². The van der Waals surface area contributed by atoms with Crippen molar-refractivity contribution in [3.63, 3.8) is 0 Å². The van der Waals surface area contributed by atoms with Gasteiger partial charge in [0.15, 0.2) is 6.54 Å². The third kappa shape index (κ3) is 4.22. The number of hydrogen-bond donors (Lipinski definition) is 0. The average molecular weight is 375 g/mol. The van der Waals surface area contributed by atoms with E-state index < -0.39 is 0 Å². The maximum atomic E-state index is 12.2. The van der Waals surface area contributed by atoms with Crippen LogP contribution in [0, 0.1) is 16.7 Å². The summed E-state index contributed by atoms with van der Waals surface area (Å²) in [6.07, 6.45) is 4.17. The summed E-state index contributed by atoms with van der Waals surface area (Å²) < 4.78 is 12.4. The van der Waals surface area contributed by atoms with E-state index in [1.54, 1.807) is 0 Å². The highest BCUT2D eigenvalue weighted by Crippen LogP contribution is 2.66. The molecule has 3 atom stereocenters. The Morgan fingerprint density at radius 1 is 1.19 bits per heavy atom. The molecule has 3 unspecified atom stereocenters. The Labute approximate surface area is 164 Å². The Bertz CT molecular complexity index is 655. The lowest BCUT2D eigenvalue weighted by molar-refractivity contribution is -0.883. The summed E-state index contributed by atoms with van der Waals surface area (Å²) in [6, 6.07) is 9.82. The molecule has 0 spiro atoms. The van der Waals surface area contributed by atoms with Gasteiger partial charge < -0.3 is 14.0 Å². The van der Waals surface area contributed by atoms with Gasteiger partial charge in [0.1, 0.15) is 13.2 Å². The zero-order valence-electron chi connectivity index (χ0n) is 17.7. The first-order valence-corrected chi connectivity index (χ1v) is 10.3. The van der Waals surface area contributed by atoms with Crippen molar-refractivity contribution < 1.29 is 18.8 Å². The standard InChI is InChI=1S/C23H36NO3/c1-22(2)19-11-12-23(22,3)20(15-19)26-14-13-24(4,5)16-21(25)27-17-18-9-7-6-8-10-18/h6-10,19-20H,11-17H2,1-5H3/q+1. The van der Waals surface area contributed by atoms with Gasteiger partial charge in [0.25, 0.3) is 0 Å². The zero-order valence-corrected chi connectivity index (χ0v) is 17.7. The highest BCUT2D eigenvalue weighted by Gasteiger charge is 2.61. The third-order valence-electron chi connectivity index (χ3n) is 7.53. The number of benzene rings is 1. The Hall–Kier alpha value is -1.39. The summed E-state index contributed by atoms with van der Waals surface area (Å²) in [4.78, 5) is 12.2. The summed E-state index contributed by atoms with van der Waals surface area (Å²) in [7, 11) is 4.14. The number of likely N-dealkylation sites (N-methyl/N-ethyl adjacent to an activating group) is 1. The van der Waals surface area contributed by atoms with Crippen LogP contribution >= 0.6 is 0 Å². The van der Waals surface area contributed by atoms with E-state index in [2.05, 4.69) is 34.9 Å². The number of ether oxygens (including phenoxy) is 2. The first-order chi connectivity index (χ1) is 12.6. The molecule has 0 amide bonds. The van der Waals surface area contributed by atoms with Gasteiger partial charge in [-0.05, 0) is 41.6 Å². The quantitative estimate of drug-likeness (QED) is 0.509. The van der Waals surface area contributed by atoms with Gasteiger partial charge in [-0.3, -0.25) is 0 Å². The molecule has 4 nitrogen and oxygen atoms in total. The summed E-state index contributed by atoms with van der Waals surface area (Å²) in [5.74, 6) is 0.639. The van der Waals surface area contributed by atoms with Crippen LogP contribution in [0.15, 0.2) is 30.3 Å². The first-order valence-electron chi connectivity index (χ1n) is 10.3. The molecular formula is C23H36NO3+. The molecule has 0 saturated heterocycles. The minimum Gasteiger partial charge on any atom is -0.457 e. The molecule has 2 aliphatic rings. The molecule has 4 heteroatoms. The molecule has 0 radical (unpaired) electrons. The van der Waals surface area contributed by atoms with Crippen LogP contribution < -0.4 is 0 Å². The van der Waals surface area contributed by atoms with Gasteiger partial charge in [0.05, 0.1) is 26.8 Å². The number of hydrogen-bond acceptors (Lipinski definition) is 3. The molecule has 150 valence electrons. The van der Waals surface area contributed by atoms with Crippen molar-refractivity contribution in [2.24, 2.45) is 16.7 Å². The van der Waals surface area contributed by atoms with Crippen LogP contribution in [0.5, 0.6) is 0 Å². The molecule has 2 fully saturated rings. The Morgan fingerprint density at radius 3 is 2.48 bits per heavy atom. The molecule has 0 aliphatic heterocycles. The lowest BCUT2D eigenvalue weighted by Crippen LogP contribution is -2.47. The Balaban J connectivity index is 1.42. The van der Waals surface area contributed by atoms with Crippen molar-refractivity contribution in [2.75, 3.05) is 33.8 Å². The number of quaternary nitrogens is 1. The van der Waals surface area contributed by atoms with Crippen LogP contribution in [-0.4, -0.2) is 50.3 Å². The second-order valence-electron chi connectivity index (χ2n) is 9.93. The maximum absolute atomic E-state index is 12.2. The normalized spacial score (nSPS) is 29.1. The van der Waals surface area contributed by atoms with Crippen LogP contribution in [0.2, 0.25) is 0 Å². The number of carbonyl (C=O) groups excluding carboxylic acids is 1. The van der Waals surface area contributed by atoms with Crippen molar-refractivity contribution in [3.8, 4) is 0 Å². The molecular weight excluding hydrogens is 338 g/mol. The number of carbonyl (C=O) groups is 1. The molecule has 1 aromatic carbocycles. The van der Waals surface area contributed by atoms with E-state index >= 15 is 0 Å². The van der Waals surface area contributed by atoms with Gasteiger partial charge in [0.2, 0.25) is 0 Å². The monoisotopic (exact) mass is 374 g/mol. The fourth-order valence-electron chi connectivity index (χ4n) is 5.04. The van der Waals surface area contributed by atoms with Crippen molar-refractivity contribution in [2.45, 2.75) is 52.7 Å². The molecule has 0 N–H and O–H groups in total. The average Bonchev–Trinajstić information content (AvgIpc) is 2.94. The van der Waals surface area contributed by atoms with Gasteiger partial charge in [-0.2, -0.15) is 0 Å². The molecule has 1 aromatic rings. The molecule has 27 heavy (non-hydrogen) atoms. The second-order valence-corrected chi connectivity index (χ2v) is 9.93. The van der Waals surface area contributed by atoms with E-state index in [9.17, 15) is 4.79 Å². The topological polar surface area (TPSA) is 35.5 Å². The minimum absolute atomic E-state index is 0.156. The molecule has 0 aromatic heterocycles. The summed E-state index contributed by atoms with van der Waals surface area (Å²) in [5.41, 5.74) is 1.69. The molecule has 2 aliphatic carbocycles. The lowest BCUT2D eigenvalue weighted by Gasteiger charge is -2.39. The van der Waals surface area contributed by atoms with E-state index in [-0.39, 0.29) is 5.97 Å². The van der Waals surface area contributed by atoms with Gasteiger partial charge >= 0.3 is 5.97 Å². The van der Waals surface area contributed by atoms with Crippen molar-refractivity contribution in [1.82, 2.24) is 0 Å². The molecule has 0 heterocycles. The minimum atomic E-state index is -0.156. The van der Waals surface area contributed by atoms with E-state index in [1.165, 1.54) is 19.3 Å². The summed E-state index contributed by atoms with van der Waals surface area (Å²) in [5, 5.41) is 0. The predicted octanol–water partition coefficient (Wildman–Crippen LogP) is 4.04. The SMILES string of the molecule is CC1(C)C2CCC1(C)C(OCC[N+](C)(C)CC(=O)OCc1ccccc1)C2. The molecule has 3 rings (SSSR count). The smallest absolute Gasteiger partial charge is 0.362 e. The van der Waals surface area contributed by atoms with Gasteiger partial charge in [-0.15, -0.1) is 0 Å². The fourth-order valence-corrected chi connectivity index (χ4v) is 5.04. The summed E-state index contributed by atoms with van der Waals surface area (Å²) in [6.45, 7) is 9.46. The number of fused-ring (bicyclic) bond motifs is 2. The largest absolute Gasteiger partial charge is 0.457 e. The molecule has 2 bridgehead atoms. The number of nitrogens with zero attached hydrogens (tertiary/aromatic N) is 1. The van der Waals surface area contributed by atoms with Crippen LogP contribution in [0.3, 0.4) is 0 Å². The first kappa shape index (κ1) is 20.3. The fraction of sp³-hybridized carbons (Fsp3) is 0.696. The van der Waals surface area contributed by atoms with E-state index in [0.29, 0.717) is 41.2 Å².